The van der Waals surface area contributed by atoms with Crippen LogP contribution in [-0.4, -0.2) is 50.5 Å². The first-order valence-corrected chi connectivity index (χ1v) is 11.0. The number of piperazine rings is 1. The standard InChI is InChI=1S/C24H29F3N6/c1-15-18(6-5-7-21(15)24(25,26)27)16(2)29-22-20-14-17(33-12-10-28-11-13-33)8-9-19(20)23(31-30-22)32(3)4/h5-9,14,16,28H,10-13H2,1-4H3,(H,29,30)/t16-/m1/s1. The van der Waals surface area contributed by atoms with Crippen molar-refractivity contribution in [2.45, 2.75) is 26.1 Å². The molecular formula is C24H29F3N6. The van der Waals surface area contributed by atoms with Crippen molar-refractivity contribution >= 4 is 28.1 Å². The quantitative estimate of drug-likeness (QED) is 0.583. The second-order valence-corrected chi connectivity index (χ2v) is 8.62. The van der Waals surface area contributed by atoms with Crippen LogP contribution in [0.4, 0.5) is 30.5 Å². The summed E-state index contributed by atoms with van der Waals surface area (Å²) >= 11 is 0. The van der Waals surface area contributed by atoms with E-state index in [4.69, 9.17) is 0 Å². The van der Waals surface area contributed by atoms with Gasteiger partial charge in [0.05, 0.1) is 11.6 Å². The Kier molecular flexibility index (Phi) is 6.34. The summed E-state index contributed by atoms with van der Waals surface area (Å²) in [4.78, 5) is 4.22. The van der Waals surface area contributed by atoms with E-state index in [1.165, 1.54) is 13.0 Å². The van der Waals surface area contributed by atoms with E-state index in [0.717, 1.165) is 54.5 Å². The average molecular weight is 459 g/mol. The number of hydrogen-bond donors (Lipinski definition) is 2. The summed E-state index contributed by atoms with van der Waals surface area (Å²) in [5.41, 5.74) is 1.27. The van der Waals surface area contributed by atoms with Gasteiger partial charge in [-0.05, 0) is 49.2 Å². The van der Waals surface area contributed by atoms with E-state index in [0.29, 0.717) is 11.4 Å². The normalized spacial score (nSPS) is 15.5. The average Bonchev–Trinajstić information content (AvgIpc) is 2.78. The molecule has 2 aromatic carbocycles. The highest BCUT2D eigenvalue weighted by molar-refractivity contribution is 6.00. The molecule has 1 saturated heterocycles. The number of fused-ring (bicyclic) bond motifs is 1. The summed E-state index contributed by atoms with van der Waals surface area (Å²) in [6.45, 7) is 7.02. The van der Waals surface area contributed by atoms with E-state index in [1.807, 2.05) is 32.0 Å². The molecular weight excluding hydrogens is 429 g/mol. The maximum atomic E-state index is 13.4. The Morgan fingerprint density at radius 3 is 2.45 bits per heavy atom. The van der Waals surface area contributed by atoms with Gasteiger partial charge < -0.3 is 20.4 Å². The van der Waals surface area contributed by atoms with Gasteiger partial charge in [0, 0.05) is 56.7 Å². The number of nitrogens with zero attached hydrogens (tertiary/aromatic N) is 4. The van der Waals surface area contributed by atoms with Crippen LogP contribution in [0.2, 0.25) is 0 Å². The molecule has 4 rings (SSSR count). The number of anilines is 3. The van der Waals surface area contributed by atoms with Gasteiger partial charge in [0.2, 0.25) is 0 Å². The molecule has 0 saturated carbocycles. The van der Waals surface area contributed by atoms with Gasteiger partial charge >= 0.3 is 6.18 Å². The van der Waals surface area contributed by atoms with Crippen LogP contribution in [0.5, 0.6) is 0 Å². The van der Waals surface area contributed by atoms with Gasteiger partial charge in [-0.15, -0.1) is 10.2 Å². The SMILES string of the molecule is Cc1c([C@@H](C)Nc2nnc(N(C)C)c3ccc(N4CCNCC4)cc23)cccc1C(F)(F)F. The lowest BCUT2D eigenvalue weighted by molar-refractivity contribution is -0.138. The van der Waals surface area contributed by atoms with Gasteiger partial charge in [-0.25, -0.2) is 0 Å². The first-order chi connectivity index (χ1) is 15.7. The van der Waals surface area contributed by atoms with Gasteiger partial charge in [0.15, 0.2) is 11.6 Å². The van der Waals surface area contributed by atoms with Crippen molar-refractivity contribution in [1.82, 2.24) is 15.5 Å². The van der Waals surface area contributed by atoms with Crippen molar-refractivity contribution in [2.24, 2.45) is 0 Å². The van der Waals surface area contributed by atoms with Crippen molar-refractivity contribution in [3.05, 3.63) is 53.1 Å². The zero-order valence-corrected chi connectivity index (χ0v) is 19.3. The lowest BCUT2D eigenvalue weighted by atomic mass is 9.97. The first-order valence-electron chi connectivity index (χ1n) is 11.0. The maximum absolute atomic E-state index is 13.4. The molecule has 0 radical (unpaired) electrons. The molecule has 0 unspecified atom stereocenters. The maximum Gasteiger partial charge on any atom is 0.416 e. The second kappa shape index (κ2) is 9.05. The van der Waals surface area contributed by atoms with Crippen molar-refractivity contribution in [2.75, 3.05) is 55.4 Å². The monoisotopic (exact) mass is 458 g/mol. The summed E-state index contributed by atoms with van der Waals surface area (Å²) in [7, 11) is 3.82. The Morgan fingerprint density at radius 2 is 1.79 bits per heavy atom. The Labute approximate surface area is 191 Å². The van der Waals surface area contributed by atoms with Crippen LogP contribution in [0.15, 0.2) is 36.4 Å². The van der Waals surface area contributed by atoms with Crippen LogP contribution < -0.4 is 20.4 Å². The fraction of sp³-hybridized carbons (Fsp3) is 0.417. The van der Waals surface area contributed by atoms with Crippen LogP contribution >= 0.6 is 0 Å². The van der Waals surface area contributed by atoms with E-state index in [9.17, 15) is 13.2 Å². The lowest BCUT2D eigenvalue weighted by Crippen LogP contribution is -2.43. The molecule has 0 bridgehead atoms. The minimum absolute atomic E-state index is 0.216. The van der Waals surface area contributed by atoms with Gasteiger partial charge in [-0.1, -0.05) is 12.1 Å². The highest BCUT2D eigenvalue weighted by atomic mass is 19.4. The van der Waals surface area contributed by atoms with Crippen LogP contribution in [0, 0.1) is 6.92 Å². The molecule has 6 nitrogen and oxygen atoms in total. The smallest absolute Gasteiger partial charge is 0.369 e. The zero-order chi connectivity index (χ0) is 23.8. The molecule has 1 aliphatic heterocycles. The topological polar surface area (TPSA) is 56.3 Å². The minimum atomic E-state index is -4.39. The number of hydrogen-bond acceptors (Lipinski definition) is 6. The Morgan fingerprint density at radius 1 is 1.06 bits per heavy atom. The second-order valence-electron chi connectivity index (χ2n) is 8.62. The molecule has 3 aromatic rings. The lowest BCUT2D eigenvalue weighted by Gasteiger charge is -2.30. The molecule has 1 aromatic heterocycles. The number of rotatable bonds is 5. The van der Waals surface area contributed by atoms with E-state index < -0.39 is 17.8 Å². The Hall–Kier alpha value is -3.07. The molecule has 2 N–H and O–H groups in total. The summed E-state index contributed by atoms with van der Waals surface area (Å²) in [6.07, 6.45) is -4.39. The van der Waals surface area contributed by atoms with Crippen LogP contribution in [-0.2, 0) is 6.18 Å². The van der Waals surface area contributed by atoms with Crippen molar-refractivity contribution in [1.29, 1.82) is 0 Å². The van der Waals surface area contributed by atoms with E-state index in [2.05, 4.69) is 37.9 Å². The van der Waals surface area contributed by atoms with Gasteiger partial charge in [-0.3, -0.25) is 0 Å². The number of aromatic nitrogens is 2. The number of nitrogens with one attached hydrogen (secondary N) is 2. The summed E-state index contributed by atoms with van der Waals surface area (Å²) in [5, 5.41) is 17.3. The predicted molar refractivity (Wildman–Crippen MR) is 127 cm³/mol. The molecule has 2 heterocycles. The third-order valence-electron chi connectivity index (χ3n) is 6.15. The number of benzene rings is 2. The van der Waals surface area contributed by atoms with E-state index >= 15 is 0 Å². The fourth-order valence-electron chi connectivity index (χ4n) is 4.40. The van der Waals surface area contributed by atoms with Gasteiger partial charge in [0.1, 0.15) is 0 Å². The third kappa shape index (κ3) is 4.68. The minimum Gasteiger partial charge on any atom is -0.369 e. The first kappa shape index (κ1) is 23.1. The third-order valence-corrected chi connectivity index (χ3v) is 6.15. The predicted octanol–water partition coefficient (Wildman–Crippen LogP) is 4.61. The molecule has 176 valence electrons. The van der Waals surface area contributed by atoms with Gasteiger partial charge in [0.25, 0.3) is 0 Å². The molecule has 0 amide bonds. The Balaban J connectivity index is 1.75. The zero-order valence-electron chi connectivity index (χ0n) is 19.3. The summed E-state index contributed by atoms with van der Waals surface area (Å²) < 4.78 is 40.2. The molecule has 9 heteroatoms. The van der Waals surface area contributed by atoms with E-state index in [1.54, 1.807) is 6.07 Å². The molecule has 1 atom stereocenters. The highest BCUT2D eigenvalue weighted by Gasteiger charge is 2.33. The molecule has 0 spiro atoms. The van der Waals surface area contributed by atoms with Crippen LogP contribution in [0.3, 0.4) is 0 Å². The van der Waals surface area contributed by atoms with Crippen molar-refractivity contribution < 1.29 is 13.2 Å². The van der Waals surface area contributed by atoms with Crippen molar-refractivity contribution in [3.63, 3.8) is 0 Å². The molecule has 1 aliphatic rings. The summed E-state index contributed by atoms with van der Waals surface area (Å²) in [6, 6.07) is 10.1. The number of halogens is 3. The summed E-state index contributed by atoms with van der Waals surface area (Å²) in [5.74, 6) is 1.29. The van der Waals surface area contributed by atoms with Crippen LogP contribution in [0.25, 0.3) is 10.8 Å². The fourth-order valence-corrected chi connectivity index (χ4v) is 4.40. The van der Waals surface area contributed by atoms with Gasteiger partial charge in [-0.2, -0.15) is 13.2 Å². The Bertz CT molecular complexity index is 1140. The molecule has 0 aliphatic carbocycles. The number of alkyl halides is 3. The van der Waals surface area contributed by atoms with Crippen molar-refractivity contribution in [3.8, 4) is 0 Å². The largest absolute Gasteiger partial charge is 0.416 e. The highest BCUT2D eigenvalue weighted by Crippen LogP contribution is 2.37. The molecule has 33 heavy (non-hydrogen) atoms. The molecule has 1 fully saturated rings. The van der Waals surface area contributed by atoms with Crippen LogP contribution in [0.1, 0.15) is 29.7 Å². The van der Waals surface area contributed by atoms with E-state index in [-0.39, 0.29) is 5.56 Å².